The molecule has 2 amide bonds. The zero-order valence-electron chi connectivity index (χ0n) is 24.9. The Morgan fingerprint density at radius 1 is 0.622 bits per heavy atom. The van der Waals surface area contributed by atoms with Crippen LogP contribution in [0.25, 0.3) is 0 Å². The monoisotopic (exact) mass is 573 g/mol. The number of carbonyl (C=O) groups excluding carboxylic acids is 2. The van der Waals surface area contributed by atoms with Gasteiger partial charge in [0.25, 0.3) is 0 Å². The third-order valence-electron chi connectivity index (χ3n) is 4.53. The Morgan fingerprint density at radius 3 is 1.22 bits per heavy atom. The number of amides is 2. The molecule has 0 atom stereocenters. The standard InChI is InChI=1S/C20H37N5O10.Ca.Na.3H/c1-34-9-3-21-16(26)11-24(14-19(30)31)7-5-23(13-18(28)29)6-8-25(15-20(32)33)12-17(27)22-4-10-35-2;;;;;/h3-15H2,1-2H3,(H,21,26)(H,22,27)(H,28,29)(H,30,31)(H,32,33);;;;;/q;+2;+1;3*-1. The van der Waals surface area contributed by atoms with Crippen LogP contribution in [0.4, 0.5) is 0 Å². The molecule has 0 unspecified atom stereocenters. The van der Waals surface area contributed by atoms with Crippen molar-refractivity contribution in [2.75, 3.05) is 99.4 Å². The Morgan fingerprint density at radius 2 is 0.919 bits per heavy atom. The Kier molecular flexibility index (Phi) is 28.4. The second-order valence-corrected chi connectivity index (χ2v) is 7.56. The van der Waals surface area contributed by atoms with Gasteiger partial charge in [0.15, 0.2) is 0 Å². The number of ether oxygens (including phenoxy) is 2. The zero-order valence-corrected chi connectivity index (χ0v) is 26.1. The van der Waals surface area contributed by atoms with E-state index in [-0.39, 0.29) is 130 Å². The molecule has 0 saturated carbocycles. The molecule has 37 heavy (non-hydrogen) atoms. The van der Waals surface area contributed by atoms with Gasteiger partial charge >= 0.3 is 85.2 Å². The minimum Gasteiger partial charge on any atom is -1.00 e. The smallest absolute Gasteiger partial charge is 1.00 e. The molecule has 0 aromatic heterocycles. The van der Waals surface area contributed by atoms with Crippen molar-refractivity contribution in [2.45, 2.75) is 0 Å². The topological polar surface area (TPSA) is 198 Å². The van der Waals surface area contributed by atoms with E-state index in [1.165, 1.54) is 28.9 Å². The molecule has 17 heteroatoms. The Labute approximate surface area is 272 Å². The zero-order chi connectivity index (χ0) is 26.6. The van der Waals surface area contributed by atoms with Gasteiger partial charge in [0, 0.05) is 53.5 Å². The van der Waals surface area contributed by atoms with Crippen molar-refractivity contribution in [1.82, 2.24) is 25.3 Å². The fourth-order valence-electron chi connectivity index (χ4n) is 2.94. The van der Waals surface area contributed by atoms with E-state index in [1.807, 2.05) is 0 Å². The molecule has 0 aliphatic heterocycles. The fourth-order valence-corrected chi connectivity index (χ4v) is 2.94. The summed E-state index contributed by atoms with van der Waals surface area (Å²) in [6.45, 7) is -0.159. The Hall–Kier alpha value is -0.590. The van der Waals surface area contributed by atoms with Crippen LogP contribution in [0.3, 0.4) is 0 Å². The van der Waals surface area contributed by atoms with Crippen LogP contribution in [0, 0.1) is 0 Å². The van der Waals surface area contributed by atoms with Gasteiger partial charge in [0.1, 0.15) is 0 Å². The maximum absolute atomic E-state index is 12.0. The van der Waals surface area contributed by atoms with Crippen LogP contribution in [0.5, 0.6) is 0 Å². The number of nitrogens with one attached hydrogen (secondary N) is 2. The van der Waals surface area contributed by atoms with Crippen LogP contribution < -0.4 is 40.2 Å². The van der Waals surface area contributed by atoms with E-state index in [2.05, 4.69) is 10.6 Å². The minimum atomic E-state index is -1.15. The van der Waals surface area contributed by atoms with Crippen LogP contribution in [0.2, 0.25) is 0 Å². The molecule has 0 rings (SSSR count). The summed E-state index contributed by atoms with van der Waals surface area (Å²) in [4.78, 5) is 61.9. The number of hydrogen-bond acceptors (Lipinski definition) is 10. The molecule has 5 N–H and O–H groups in total. The summed E-state index contributed by atoms with van der Waals surface area (Å²) in [5.74, 6) is -4.23. The van der Waals surface area contributed by atoms with Crippen LogP contribution in [-0.4, -0.2) is 197 Å². The van der Waals surface area contributed by atoms with E-state index in [9.17, 15) is 29.1 Å². The average molecular weight is 574 g/mol. The van der Waals surface area contributed by atoms with Gasteiger partial charge in [-0.15, -0.1) is 0 Å². The summed E-state index contributed by atoms with van der Waals surface area (Å²) in [6, 6.07) is 0. The number of aliphatic carboxylic acids is 3. The minimum absolute atomic E-state index is 0. The summed E-state index contributed by atoms with van der Waals surface area (Å²) in [5.41, 5.74) is 0. The number of nitrogens with zero attached hydrogens (tertiary/aromatic N) is 3. The molecule has 208 valence electrons. The van der Waals surface area contributed by atoms with Crippen molar-refractivity contribution in [1.29, 1.82) is 0 Å². The van der Waals surface area contributed by atoms with Gasteiger partial charge in [-0.05, 0) is 0 Å². The summed E-state index contributed by atoms with van der Waals surface area (Å²) in [6.07, 6.45) is 0. The number of hydrogen-bond donors (Lipinski definition) is 5. The van der Waals surface area contributed by atoms with Crippen molar-refractivity contribution in [3.63, 3.8) is 0 Å². The predicted octanol–water partition coefficient (Wildman–Crippen LogP) is -6.37. The van der Waals surface area contributed by atoms with Gasteiger partial charge < -0.3 is 39.7 Å². The first-order valence-corrected chi connectivity index (χ1v) is 10.9. The maximum Gasteiger partial charge on any atom is 2.00 e. The number of rotatable bonds is 22. The van der Waals surface area contributed by atoms with Crippen LogP contribution in [0.15, 0.2) is 0 Å². The van der Waals surface area contributed by atoms with Crippen molar-refractivity contribution in [2.24, 2.45) is 0 Å². The summed E-state index contributed by atoms with van der Waals surface area (Å²) in [5, 5.41) is 32.7. The molecular formula is C20H40CaN5NaO10. The van der Waals surface area contributed by atoms with Gasteiger partial charge in [0.05, 0.1) is 45.9 Å². The van der Waals surface area contributed by atoms with Crippen molar-refractivity contribution in [3.8, 4) is 0 Å². The van der Waals surface area contributed by atoms with Crippen LogP contribution in [-0.2, 0) is 33.4 Å². The average Bonchev–Trinajstić information content (AvgIpc) is 2.74. The predicted molar refractivity (Wildman–Crippen MR) is 131 cm³/mol. The molecule has 0 saturated heterocycles. The van der Waals surface area contributed by atoms with E-state index in [4.69, 9.17) is 19.7 Å². The van der Waals surface area contributed by atoms with Crippen molar-refractivity contribution < 1.29 is 82.6 Å². The second kappa shape index (κ2) is 25.7. The third kappa shape index (κ3) is 25.4. The first kappa shape index (κ1) is 40.9. The van der Waals surface area contributed by atoms with E-state index in [1.54, 1.807) is 0 Å². The molecule has 0 aromatic rings. The quantitative estimate of drug-likeness (QED) is 0.0606. The molecule has 0 aliphatic rings. The second-order valence-electron chi connectivity index (χ2n) is 7.56. The third-order valence-corrected chi connectivity index (χ3v) is 4.53. The van der Waals surface area contributed by atoms with E-state index < -0.39 is 42.8 Å². The molecule has 0 bridgehead atoms. The Balaban J connectivity index is -0.000000578. The number of carboxylic acid groups (broad SMARTS) is 3. The SMILES string of the molecule is COCCNC(=O)CN(CCN(CCN(CC(=O)O)CC(=O)NCCOC)CC(=O)O)CC(=O)O.[Ca+2].[H-].[H-].[H-].[Na+]. The molecule has 0 fully saturated rings. The molecule has 0 heterocycles. The summed E-state index contributed by atoms with van der Waals surface area (Å²) in [7, 11) is 2.96. The van der Waals surface area contributed by atoms with E-state index in [0.29, 0.717) is 13.2 Å². The number of carboxylic acids is 3. The van der Waals surface area contributed by atoms with Crippen molar-refractivity contribution in [3.05, 3.63) is 0 Å². The van der Waals surface area contributed by atoms with Gasteiger partial charge in [-0.25, -0.2) is 0 Å². The molecule has 0 radical (unpaired) electrons. The molecule has 0 aliphatic carbocycles. The summed E-state index contributed by atoms with van der Waals surface area (Å²) >= 11 is 0. The van der Waals surface area contributed by atoms with E-state index in [0.717, 1.165) is 0 Å². The van der Waals surface area contributed by atoms with Crippen molar-refractivity contribution >= 4 is 67.5 Å². The molecule has 0 spiro atoms. The largest absolute Gasteiger partial charge is 2.00 e. The molecule has 15 nitrogen and oxygen atoms in total. The number of methoxy groups -OCH3 is 2. The fraction of sp³-hybridized carbons (Fsp3) is 0.750. The molecule has 0 aromatic carbocycles. The van der Waals surface area contributed by atoms with E-state index >= 15 is 0 Å². The van der Waals surface area contributed by atoms with Gasteiger partial charge in [-0.1, -0.05) is 0 Å². The maximum atomic E-state index is 12.0. The van der Waals surface area contributed by atoms with Gasteiger partial charge in [-0.2, -0.15) is 0 Å². The normalized spacial score (nSPS) is 10.5. The van der Waals surface area contributed by atoms with Crippen LogP contribution in [0.1, 0.15) is 4.28 Å². The first-order chi connectivity index (χ1) is 16.6. The Bertz CT molecular complexity index is 659. The van der Waals surface area contributed by atoms with Gasteiger partial charge in [0.2, 0.25) is 11.8 Å². The van der Waals surface area contributed by atoms with Gasteiger partial charge in [-0.3, -0.25) is 38.7 Å². The summed E-state index contributed by atoms with van der Waals surface area (Å²) < 4.78 is 9.68. The number of carbonyl (C=O) groups is 5. The first-order valence-electron chi connectivity index (χ1n) is 10.9. The van der Waals surface area contributed by atoms with Crippen LogP contribution >= 0.6 is 0 Å². The molecular weight excluding hydrogens is 533 g/mol.